The molecule has 0 atom stereocenters. The number of carbonyl (C=O) groups excluding carboxylic acids is 2. The fourth-order valence-electron chi connectivity index (χ4n) is 2.22. The standard InChI is InChI=1S/C13H19N3O3/c1-4-15(5-2)12(17)10-7-16(8-10)13(18)11-6-9(3)19-14-11/h6,10H,4-5,7-8H2,1-3H3. The van der Waals surface area contributed by atoms with Crippen LogP contribution in [0.1, 0.15) is 30.1 Å². The third-order valence-corrected chi connectivity index (χ3v) is 3.44. The van der Waals surface area contributed by atoms with Gasteiger partial charge in [-0.15, -0.1) is 0 Å². The van der Waals surface area contributed by atoms with Gasteiger partial charge in [0.25, 0.3) is 5.91 Å². The van der Waals surface area contributed by atoms with Gasteiger partial charge in [-0.3, -0.25) is 9.59 Å². The van der Waals surface area contributed by atoms with Gasteiger partial charge in [-0.2, -0.15) is 0 Å². The first kappa shape index (κ1) is 13.6. The Morgan fingerprint density at radius 2 is 2.05 bits per heavy atom. The van der Waals surface area contributed by atoms with Gasteiger partial charge in [0.2, 0.25) is 5.91 Å². The molecule has 2 rings (SSSR count). The summed E-state index contributed by atoms with van der Waals surface area (Å²) in [7, 11) is 0. The van der Waals surface area contributed by atoms with Crippen LogP contribution >= 0.6 is 0 Å². The zero-order valence-corrected chi connectivity index (χ0v) is 11.5. The molecule has 1 aromatic heterocycles. The van der Waals surface area contributed by atoms with Crippen LogP contribution in [-0.4, -0.2) is 52.9 Å². The minimum absolute atomic E-state index is 0.0724. The largest absolute Gasteiger partial charge is 0.361 e. The van der Waals surface area contributed by atoms with Gasteiger partial charge in [-0.25, -0.2) is 0 Å². The van der Waals surface area contributed by atoms with E-state index in [0.29, 0.717) is 37.6 Å². The van der Waals surface area contributed by atoms with Gasteiger partial charge in [-0.05, 0) is 20.8 Å². The Labute approximate surface area is 112 Å². The van der Waals surface area contributed by atoms with Crippen molar-refractivity contribution in [3.8, 4) is 0 Å². The molecule has 0 radical (unpaired) electrons. The molecular formula is C13H19N3O3. The second-order valence-corrected chi connectivity index (χ2v) is 4.74. The van der Waals surface area contributed by atoms with Crippen LogP contribution in [-0.2, 0) is 4.79 Å². The fraction of sp³-hybridized carbons (Fsp3) is 0.615. The molecule has 1 fully saturated rings. The maximum absolute atomic E-state index is 12.1. The lowest BCUT2D eigenvalue weighted by Crippen LogP contribution is -2.56. The Bertz CT molecular complexity index is 473. The molecular weight excluding hydrogens is 246 g/mol. The highest BCUT2D eigenvalue weighted by atomic mass is 16.5. The van der Waals surface area contributed by atoms with Gasteiger partial charge in [0, 0.05) is 32.2 Å². The van der Waals surface area contributed by atoms with Crippen molar-refractivity contribution in [3.63, 3.8) is 0 Å². The molecule has 2 heterocycles. The number of likely N-dealkylation sites (tertiary alicyclic amines) is 1. The van der Waals surface area contributed by atoms with Crippen LogP contribution in [0.3, 0.4) is 0 Å². The molecule has 6 heteroatoms. The van der Waals surface area contributed by atoms with E-state index in [1.165, 1.54) is 0 Å². The highest BCUT2D eigenvalue weighted by Crippen LogP contribution is 2.20. The lowest BCUT2D eigenvalue weighted by Gasteiger charge is -2.39. The van der Waals surface area contributed by atoms with Crippen LogP contribution in [0, 0.1) is 12.8 Å². The highest BCUT2D eigenvalue weighted by molar-refractivity contribution is 5.94. The van der Waals surface area contributed by atoms with Crippen molar-refractivity contribution in [2.75, 3.05) is 26.2 Å². The molecule has 104 valence electrons. The quantitative estimate of drug-likeness (QED) is 0.812. The van der Waals surface area contributed by atoms with Crippen LogP contribution in [0.5, 0.6) is 0 Å². The number of hydrogen-bond acceptors (Lipinski definition) is 4. The maximum Gasteiger partial charge on any atom is 0.276 e. The number of rotatable bonds is 4. The first-order valence-electron chi connectivity index (χ1n) is 6.58. The van der Waals surface area contributed by atoms with E-state index in [1.54, 1.807) is 22.8 Å². The predicted molar refractivity (Wildman–Crippen MR) is 68.6 cm³/mol. The second-order valence-electron chi connectivity index (χ2n) is 4.74. The second kappa shape index (κ2) is 5.42. The molecule has 0 saturated carbocycles. The molecule has 0 unspecified atom stereocenters. The summed E-state index contributed by atoms with van der Waals surface area (Å²) >= 11 is 0. The lowest BCUT2D eigenvalue weighted by atomic mass is 9.98. The van der Waals surface area contributed by atoms with E-state index < -0.39 is 0 Å². The van der Waals surface area contributed by atoms with E-state index in [9.17, 15) is 9.59 Å². The summed E-state index contributed by atoms with van der Waals surface area (Å²) in [6.07, 6.45) is 0. The molecule has 0 spiro atoms. The van der Waals surface area contributed by atoms with Crippen LogP contribution < -0.4 is 0 Å². The van der Waals surface area contributed by atoms with E-state index >= 15 is 0 Å². The van der Waals surface area contributed by atoms with Crippen molar-refractivity contribution < 1.29 is 14.1 Å². The molecule has 2 amide bonds. The SMILES string of the molecule is CCN(CC)C(=O)C1CN(C(=O)c2cc(C)on2)C1. The Hall–Kier alpha value is -1.85. The van der Waals surface area contributed by atoms with Crippen molar-refractivity contribution in [1.82, 2.24) is 15.0 Å². The number of nitrogens with zero attached hydrogens (tertiary/aromatic N) is 3. The van der Waals surface area contributed by atoms with Crippen molar-refractivity contribution in [1.29, 1.82) is 0 Å². The fourth-order valence-corrected chi connectivity index (χ4v) is 2.22. The first-order chi connectivity index (χ1) is 9.06. The minimum Gasteiger partial charge on any atom is -0.361 e. The van der Waals surface area contributed by atoms with Crippen molar-refractivity contribution in [3.05, 3.63) is 17.5 Å². The van der Waals surface area contributed by atoms with Gasteiger partial charge >= 0.3 is 0 Å². The third kappa shape index (κ3) is 2.62. The van der Waals surface area contributed by atoms with Crippen LogP contribution in [0.4, 0.5) is 0 Å². The van der Waals surface area contributed by atoms with E-state index in [-0.39, 0.29) is 17.7 Å². The van der Waals surface area contributed by atoms with Crippen LogP contribution in [0.2, 0.25) is 0 Å². The lowest BCUT2D eigenvalue weighted by molar-refractivity contribution is -0.139. The summed E-state index contributed by atoms with van der Waals surface area (Å²) in [4.78, 5) is 27.5. The zero-order valence-electron chi connectivity index (χ0n) is 11.5. The molecule has 0 aromatic carbocycles. The van der Waals surface area contributed by atoms with Crippen molar-refractivity contribution in [2.45, 2.75) is 20.8 Å². The topological polar surface area (TPSA) is 66.7 Å². The summed E-state index contributed by atoms with van der Waals surface area (Å²) in [6.45, 7) is 8.03. The molecule has 1 saturated heterocycles. The summed E-state index contributed by atoms with van der Waals surface area (Å²) in [5.74, 6) is 0.502. The van der Waals surface area contributed by atoms with E-state index in [1.807, 2.05) is 13.8 Å². The molecule has 0 bridgehead atoms. The summed E-state index contributed by atoms with van der Waals surface area (Å²) in [6, 6.07) is 1.61. The molecule has 1 aliphatic heterocycles. The van der Waals surface area contributed by atoms with Crippen molar-refractivity contribution >= 4 is 11.8 Å². The number of carbonyl (C=O) groups is 2. The highest BCUT2D eigenvalue weighted by Gasteiger charge is 2.38. The molecule has 0 N–H and O–H groups in total. The average Bonchev–Trinajstić information content (AvgIpc) is 2.75. The van der Waals surface area contributed by atoms with Gasteiger partial charge in [0.15, 0.2) is 5.69 Å². The first-order valence-corrected chi connectivity index (χ1v) is 6.58. The molecule has 1 aliphatic rings. The van der Waals surface area contributed by atoms with Crippen LogP contribution in [0.15, 0.2) is 10.6 Å². The van der Waals surface area contributed by atoms with E-state index in [4.69, 9.17) is 4.52 Å². The predicted octanol–water partition coefficient (Wildman–Crippen LogP) is 0.923. The minimum atomic E-state index is -0.166. The van der Waals surface area contributed by atoms with E-state index in [0.717, 1.165) is 0 Å². The van der Waals surface area contributed by atoms with Gasteiger partial charge < -0.3 is 14.3 Å². The van der Waals surface area contributed by atoms with Gasteiger partial charge in [0.1, 0.15) is 5.76 Å². The Morgan fingerprint density at radius 3 is 2.53 bits per heavy atom. The summed E-state index contributed by atoms with van der Waals surface area (Å²) in [5.41, 5.74) is 0.311. The Morgan fingerprint density at radius 1 is 1.42 bits per heavy atom. The average molecular weight is 265 g/mol. The number of amides is 2. The Balaban J connectivity index is 1.89. The number of hydrogen-bond donors (Lipinski definition) is 0. The Kier molecular flexibility index (Phi) is 3.87. The molecule has 1 aromatic rings. The molecule has 0 aliphatic carbocycles. The van der Waals surface area contributed by atoms with Crippen molar-refractivity contribution in [2.24, 2.45) is 5.92 Å². The van der Waals surface area contributed by atoms with Gasteiger partial charge in [-0.1, -0.05) is 5.16 Å². The molecule has 19 heavy (non-hydrogen) atoms. The summed E-state index contributed by atoms with van der Waals surface area (Å²) in [5, 5.41) is 3.69. The van der Waals surface area contributed by atoms with Gasteiger partial charge in [0.05, 0.1) is 5.92 Å². The zero-order chi connectivity index (χ0) is 14.0. The smallest absolute Gasteiger partial charge is 0.276 e. The maximum atomic E-state index is 12.1. The molecule has 6 nitrogen and oxygen atoms in total. The monoisotopic (exact) mass is 265 g/mol. The van der Waals surface area contributed by atoms with Crippen LogP contribution in [0.25, 0.3) is 0 Å². The third-order valence-electron chi connectivity index (χ3n) is 3.44. The number of aromatic nitrogens is 1. The van der Waals surface area contributed by atoms with E-state index in [2.05, 4.69) is 5.16 Å². The summed E-state index contributed by atoms with van der Waals surface area (Å²) < 4.78 is 4.88. The number of aryl methyl sites for hydroxylation is 1. The normalized spacial score (nSPS) is 15.2.